The van der Waals surface area contributed by atoms with Gasteiger partial charge >= 0.3 is 0 Å². The molecule has 0 aromatic heterocycles. The van der Waals surface area contributed by atoms with Crippen molar-refractivity contribution in [2.45, 2.75) is 44.6 Å². The molecule has 0 saturated heterocycles. The van der Waals surface area contributed by atoms with E-state index in [0.29, 0.717) is 12.3 Å². The molecule has 0 radical (unpaired) electrons. The lowest BCUT2D eigenvalue weighted by Gasteiger charge is -2.24. The molecule has 1 aromatic rings. The van der Waals surface area contributed by atoms with Gasteiger partial charge in [0.1, 0.15) is 0 Å². The van der Waals surface area contributed by atoms with E-state index in [4.69, 9.17) is 5.73 Å². The number of hydrogen-bond donors (Lipinski definition) is 1. The summed E-state index contributed by atoms with van der Waals surface area (Å²) in [5, 5.41) is 11.1. The SMILES string of the molecule is CCC1CCC(N)(Cc2ccc(Br)cc2[N+](=O)[O-])C1. The predicted octanol–water partition coefficient (Wildman–Crippen LogP) is 3.81. The van der Waals surface area contributed by atoms with E-state index in [9.17, 15) is 10.1 Å². The van der Waals surface area contributed by atoms with Crippen LogP contribution < -0.4 is 5.73 Å². The average Bonchev–Trinajstić information content (AvgIpc) is 2.73. The van der Waals surface area contributed by atoms with Crippen molar-refractivity contribution in [2.24, 2.45) is 11.7 Å². The van der Waals surface area contributed by atoms with Crippen LogP contribution in [0.2, 0.25) is 0 Å². The van der Waals surface area contributed by atoms with Crippen LogP contribution in [0.15, 0.2) is 22.7 Å². The van der Waals surface area contributed by atoms with E-state index in [1.165, 1.54) is 0 Å². The molecule has 0 spiro atoms. The number of rotatable bonds is 4. The lowest BCUT2D eigenvalue weighted by molar-refractivity contribution is -0.385. The summed E-state index contributed by atoms with van der Waals surface area (Å²) in [5.74, 6) is 0.666. The number of benzene rings is 1. The molecule has 2 rings (SSSR count). The molecule has 2 atom stereocenters. The molecular formula is C14H19BrN2O2. The second-order valence-corrected chi connectivity index (χ2v) is 6.50. The molecule has 2 unspecified atom stereocenters. The Balaban J connectivity index is 2.22. The second kappa shape index (κ2) is 5.59. The maximum Gasteiger partial charge on any atom is 0.273 e. The Morgan fingerprint density at radius 1 is 1.58 bits per heavy atom. The minimum Gasteiger partial charge on any atom is -0.325 e. The van der Waals surface area contributed by atoms with Crippen molar-refractivity contribution in [3.05, 3.63) is 38.3 Å². The highest BCUT2D eigenvalue weighted by atomic mass is 79.9. The number of nitrogens with two attached hydrogens (primary N) is 1. The predicted molar refractivity (Wildman–Crippen MR) is 79.1 cm³/mol. The minimum absolute atomic E-state index is 0.166. The first-order valence-corrected chi connectivity index (χ1v) is 7.44. The van der Waals surface area contributed by atoms with Crippen molar-refractivity contribution in [2.75, 3.05) is 0 Å². The topological polar surface area (TPSA) is 69.2 Å². The molecule has 5 heteroatoms. The van der Waals surface area contributed by atoms with Crippen molar-refractivity contribution in [3.8, 4) is 0 Å². The fraction of sp³-hybridized carbons (Fsp3) is 0.571. The molecule has 1 fully saturated rings. The van der Waals surface area contributed by atoms with E-state index in [2.05, 4.69) is 22.9 Å². The van der Waals surface area contributed by atoms with Crippen LogP contribution in [0.4, 0.5) is 5.69 Å². The van der Waals surface area contributed by atoms with E-state index in [-0.39, 0.29) is 16.1 Å². The fourth-order valence-electron chi connectivity index (χ4n) is 3.02. The van der Waals surface area contributed by atoms with Gasteiger partial charge in [-0.05, 0) is 37.7 Å². The smallest absolute Gasteiger partial charge is 0.273 e. The lowest BCUT2D eigenvalue weighted by Crippen LogP contribution is -2.39. The Bertz CT molecular complexity index is 492. The molecular weight excluding hydrogens is 308 g/mol. The van der Waals surface area contributed by atoms with Gasteiger partial charge in [-0.3, -0.25) is 10.1 Å². The third-order valence-electron chi connectivity index (χ3n) is 4.11. The third kappa shape index (κ3) is 3.34. The molecule has 19 heavy (non-hydrogen) atoms. The van der Waals surface area contributed by atoms with E-state index < -0.39 is 0 Å². The molecule has 0 amide bonds. The van der Waals surface area contributed by atoms with Crippen LogP contribution >= 0.6 is 15.9 Å². The number of nitro groups is 1. The van der Waals surface area contributed by atoms with Crippen molar-refractivity contribution < 1.29 is 4.92 Å². The number of nitro benzene ring substituents is 1. The Kier molecular flexibility index (Phi) is 4.26. The van der Waals surface area contributed by atoms with Crippen molar-refractivity contribution >= 4 is 21.6 Å². The average molecular weight is 327 g/mol. The van der Waals surface area contributed by atoms with Crippen LogP contribution in [0.3, 0.4) is 0 Å². The summed E-state index contributed by atoms with van der Waals surface area (Å²) in [6, 6.07) is 5.22. The molecule has 4 nitrogen and oxygen atoms in total. The molecule has 1 aromatic carbocycles. The zero-order valence-electron chi connectivity index (χ0n) is 11.1. The van der Waals surface area contributed by atoms with E-state index >= 15 is 0 Å². The highest BCUT2D eigenvalue weighted by molar-refractivity contribution is 9.10. The van der Waals surface area contributed by atoms with Gasteiger partial charge in [0.25, 0.3) is 5.69 Å². The van der Waals surface area contributed by atoms with Crippen LogP contribution in [-0.4, -0.2) is 10.5 Å². The first-order chi connectivity index (χ1) is 8.93. The number of halogens is 1. The first-order valence-electron chi connectivity index (χ1n) is 6.65. The van der Waals surface area contributed by atoms with Gasteiger partial charge in [-0.15, -0.1) is 0 Å². The molecule has 104 valence electrons. The quantitative estimate of drug-likeness (QED) is 0.675. The van der Waals surface area contributed by atoms with Gasteiger partial charge in [0.05, 0.1) is 4.92 Å². The summed E-state index contributed by atoms with van der Waals surface area (Å²) in [4.78, 5) is 10.8. The van der Waals surface area contributed by atoms with Gasteiger partial charge in [-0.25, -0.2) is 0 Å². The summed E-state index contributed by atoms with van der Waals surface area (Å²) >= 11 is 3.28. The second-order valence-electron chi connectivity index (χ2n) is 5.59. The van der Waals surface area contributed by atoms with Crippen molar-refractivity contribution in [1.82, 2.24) is 0 Å². The first kappa shape index (κ1) is 14.5. The zero-order valence-corrected chi connectivity index (χ0v) is 12.6. The zero-order chi connectivity index (χ0) is 14.0. The van der Waals surface area contributed by atoms with Gasteiger partial charge in [0.2, 0.25) is 0 Å². The molecule has 0 bridgehead atoms. The van der Waals surface area contributed by atoms with Gasteiger partial charge < -0.3 is 5.73 Å². The van der Waals surface area contributed by atoms with Crippen LogP contribution in [0.25, 0.3) is 0 Å². The number of hydrogen-bond acceptors (Lipinski definition) is 3. The van der Waals surface area contributed by atoms with Crippen LogP contribution in [-0.2, 0) is 6.42 Å². The Morgan fingerprint density at radius 2 is 2.32 bits per heavy atom. The largest absolute Gasteiger partial charge is 0.325 e. The Morgan fingerprint density at radius 3 is 2.89 bits per heavy atom. The third-order valence-corrected chi connectivity index (χ3v) is 4.60. The standard InChI is InChI=1S/C14H19BrN2O2/c1-2-10-5-6-14(16,8-10)9-11-3-4-12(15)7-13(11)17(18)19/h3-4,7,10H,2,5-6,8-9,16H2,1H3. The summed E-state index contributed by atoms with van der Waals surface area (Å²) in [5.41, 5.74) is 7.06. The molecule has 0 aliphatic heterocycles. The fourth-order valence-corrected chi connectivity index (χ4v) is 3.36. The van der Waals surface area contributed by atoms with Crippen molar-refractivity contribution in [1.29, 1.82) is 0 Å². The normalized spacial score (nSPS) is 26.6. The molecule has 2 N–H and O–H groups in total. The van der Waals surface area contributed by atoms with Gasteiger partial charge in [-0.2, -0.15) is 0 Å². The Labute approximate surface area is 121 Å². The van der Waals surface area contributed by atoms with Crippen LogP contribution in [0.1, 0.15) is 38.2 Å². The minimum atomic E-state index is -0.324. The van der Waals surface area contributed by atoms with E-state index in [1.54, 1.807) is 6.07 Å². The highest BCUT2D eigenvalue weighted by Crippen LogP contribution is 2.38. The molecule has 1 saturated carbocycles. The molecule has 1 aliphatic rings. The lowest BCUT2D eigenvalue weighted by atomic mass is 9.88. The summed E-state index contributed by atoms with van der Waals surface area (Å²) in [6.07, 6.45) is 4.79. The van der Waals surface area contributed by atoms with Crippen LogP contribution in [0.5, 0.6) is 0 Å². The van der Waals surface area contributed by atoms with Crippen LogP contribution in [0, 0.1) is 16.0 Å². The molecule has 1 aliphatic carbocycles. The van der Waals surface area contributed by atoms with Gasteiger partial charge in [0.15, 0.2) is 0 Å². The van der Waals surface area contributed by atoms with Gasteiger partial charge in [-0.1, -0.05) is 35.3 Å². The summed E-state index contributed by atoms with van der Waals surface area (Å²) in [6.45, 7) is 2.18. The van der Waals surface area contributed by atoms with E-state index in [1.807, 2.05) is 12.1 Å². The number of nitrogens with zero attached hydrogens (tertiary/aromatic N) is 1. The van der Waals surface area contributed by atoms with Crippen molar-refractivity contribution in [3.63, 3.8) is 0 Å². The maximum atomic E-state index is 11.1. The van der Waals surface area contributed by atoms with E-state index in [0.717, 1.165) is 35.7 Å². The molecule has 0 heterocycles. The summed E-state index contributed by atoms with van der Waals surface area (Å²) < 4.78 is 0.729. The maximum absolute atomic E-state index is 11.1. The highest BCUT2D eigenvalue weighted by Gasteiger charge is 2.36. The Hall–Kier alpha value is -0.940. The monoisotopic (exact) mass is 326 g/mol. The van der Waals surface area contributed by atoms with Gasteiger partial charge in [0, 0.05) is 21.6 Å². The summed E-state index contributed by atoms with van der Waals surface area (Å²) in [7, 11) is 0.